The fourth-order valence-corrected chi connectivity index (χ4v) is 2.50. The highest BCUT2D eigenvalue weighted by atomic mass is 79.9. The van der Waals surface area contributed by atoms with Crippen LogP contribution in [0.3, 0.4) is 0 Å². The summed E-state index contributed by atoms with van der Waals surface area (Å²) in [4.78, 5) is 20.4. The topological polar surface area (TPSA) is 124 Å². The predicted octanol–water partition coefficient (Wildman–Crippen LogP) is 4.97. The average Bonchev–Trinajstić information content (AvgIpc) is 3.11. The number of hydrogen-bond donors (Lipinski definition) is 1. The lowest BCUT2D eigenvalue weighted by atomic mass is 10.2. The first kappa shape index (κ1) is 18.3. The maximum Gasteiger partial charge on any atom is 0.301 e. The van der Waals surface area contributed by atoms with Crippen LogP contribution in [0.5, 0.6) is 0 Å². The number of hydrogen-bond acceptors (Lipinski definition) is 7. The lowest BCUT2D eigenvalue weighted by Gasteiger charge is -2.01. The number of benzene rings is 2. The van der Waals surface area contributed by atoms with E-state index in [9.17, 15) is 20.2 Å². The van der Waals surface area contributed by atoms with Crippen LogP contribution in [0.1, 0.15) is 5.76 Å². The number of anilines is 1. The smallest absolute Gasteiger partial charge is 0.301 e. The molecule has 0 fully saturated rings. The molecule has 1 N–H and O–H groups in total. The van der Waals surface area contributed by atoms with Gasteiger partial charge in [0.25, 0.3) is 5.69 Å². The Kier molecular flexibility index (Phi) is 5.27. The SMILES string of the molecule is O=[N+]([O-])c1ccc(N/N=C\c2ccc(-c3ccc(Br)cc3)o2)c([N+](=O)[O-])c1. The van der Waals surface area contributed by atoms with E-state index in [1.807, 2.05) is 24.3 Å². The van der Waals surface area contributed by atoms with Crippen molar-refractivity contribution in [3.63, 3.8) is 0 Å². The minimum absolute atomic E-state index is 0.0292. The predicted molar refractivity (Wildman–Crippen MR) is 103 cm³/mol. The summed E-state index contributed by atoms with van der Waals surface area (Å²) in [5.74, 6) is 1.08. The molecular weight excluding hydrogens is 420 g/mol. The van der Waals surface area contributed by atoms with Gasteiger partial charge in [0.15, 0.2) is 0 Å². The van der Waals surface area contributed by atoms with Crippen LogP contribution in [0.4, 0.5) is 17.1 Å². The molecular formula is C17H11BrN4O5. The molecule has 0 amide bonds. The molecule has 1 aromatic heterocycles. The first-order chi connectivity index (χ1) is 12.9. The van der Waals surface area contributed by atoms with E-state index in [0.717, 1.165) is 22.2 Å². The van der Waals surface area contributed by atoms with Crippen molar-refractivity contribution in [1.29, 1.82) is 0 Å². The molecule has 2 aromatic carbocycles. The summed E-state index contributed by atoms with van der Waals surface area (Å²) >= 11 is 3.36. The zero-order chi connectivity index (χ0) is 19.4. The van der Waals surface area contributed by atoms with Crippen LogP contribution in [0, 0.1) is 20.2 Å². The number of nitrogens with zero attached hydrogens (tertiary/aromatic N) is 3. The summed E-state index contributed by atoms with van der Waals surface area (Å²) in [6, 6.07) is 14.3. The monoisotopic (exact) mass is 430 g/mol. The number of nitrogens with one attached hydrogen (secondary N) is 1. The molecule has 136 valence electrons. The third-order valence-electron chi connectivity index (χ3n) is 3.52. The van der Waals surface area contributed by atoms with Gasteiger partial charge in [0.05, 0.1) is 22.1 Å². The second-order valence-corrected chi connectivity index (χ2v) is 6.21. The number of halogens is 1. The maximum absolute atomic E-state index is 11.1. The fourth-order valence-electron chi connectivity index (χ4n) is 2.24. The van der Waals surface area contributed by atoms with Gasteiger partial charge in [-0.15, -0.1) is 0 Å². The van der Waals surface area contributed by atoms with Gasteiger partial charge in [0, 0.05) is 16.1 Å². The molecule has 27 heavy (non-hydrogen) atoms. The minimum atomic E-state index is -0.719. The van der Waals surface area contributed by atoms with Crippen LogP contribution >= 0.6 is 15.9 Å². The first-order valence-corrected chi connectivity index (χ1v) is 8.31. The van der Waals surface area contributed by atoms with Gasteiger partial charge in [-0.25, -0.2) is 0 Å². The Bertz CT molecular complexity index is 1030. The molecule has 0 saturated heterocycles. The lowest BCUT2D eigenvalue weighted by Crippen LogP contribution is -1.98. The Hall–Kier alpha value is -3.53. The Balaban J connectivity index is 1.75. The second kappa shape index (κ2) is 7.79. The van der Waals surface area contributed by atoms with Crippen molar-refractivity contribution < 1.29 is 14.3 Å². The van der Waals surface area contributed by atoms with E-state index in [1.165, 1.54) is 12.3 Å². The lowest BCUT2D eigenvalue weighted by molar-refractivity contribution is -0.393. The number of furan rings is 1. The molecule has 0 aliphatic heterocycles. The summed E-state index contributed by atoms with van der Waals surface area (Å²) < 4.78 is 6.60. The van der Waals surface area contributed by atoms with Crippen LogP contribution in [0.15, 0.2) is 68.6 Å². The van der Waals surface area contributed by atoms with Gasteiger partial charge in [0.2, 0.25) is 0 Å². The van der Waals surface area contributed by atoms with Gasteiger partial charge in [-0.1, -0.05) is 28.1 Å². The molecule has 9 nitrogen and oxygen atoms in total. The maximum atomic E-state index is 11.1. The zero-order valence-electron chi connectivity index (χ0n) is 13.5. The standard InChI is InChI=1S/C17H11BrN4O5/c18-12-3-1-11(2-4-12)17-8-6-14(27-17)10-19-20-15-7-5-13(21(23)24)9-16(15)22(25)26/h1-10,20H/b19-10-. The molecule has 0 radical (unpaired) electrons. The van der Waals surface area contributed by atoms with E-state index < -0.39 is 15.5 Å². The van der Waals surface area contributed by atoms with Gasteiger partial charge in [-0.05, 0) is 30.3 Å². The minimum Gasteiger partial charge on any atom is -0.455 e. The van der Waals surface area contributed by atoms with E-state index in [0.29, 0.717) is 11.5 Å². The van der Waals surface area contributed by atoms with Crippen molar-refractivity contribution in [2.24, 2.45) is 5.10 Å². The average molecular weight is 431 g/mol. The molecule has 0 unspecified atom stereocenters. The third-order valence-corrected chi connectivity index (χ3v) is 4.05. The normalized spacial score (nSPS) is 10.9. The molecule has 0 aliphatic rings. The number of non-ortho nitro benzene ring substituents is 1. The molecule has 0 atom stereocenters. The second-order valence-electron chi connectivity index (χ2n) is 5.29. The van der Waals surface area contributed by atoms with E-state index in [-0.39, 0.29) is 11.4 Å². The summed E-state index contributed by atoms with van der Waals surface area (Å²) in [6.45, 7) is 0. The van der Waals surface area contributed by atoms with E-state index >= 15 is 0 Å². The Morgan fingerprint density at radius 3 is 2.41 bits per heavy atom. The number of rotatable bonds is 6. The summed E-state index contributed by atoms with van der Waals surface area (Å²) in [5, 5.41) is 25.7. The molecule has 3 aromatic rings. The molecule has 0 spiro atoms. The highest BCUT2D eigenvalue weighted by Crippen LogP contribution is 2.29. The number of nitro benzene ring substituents is 2. The Morgan fingerprint density at radius 1 is 1.00 bits per heavy atom. The highest BCUT2D eigenvalue weighted by Gasteiger charge is 2.19. The molecule has 10 heteroatoms. The van der Waals surface area contributed by atoms with Crippen LogP contribution < -0.4 is 5.43 Å². The van der Waals surface area contributed by atoms with Crippen molar-refractivity contribution in [3.8, 4) is 11.3 Å². The van der Waals surface area contributed by atoms with Gasteiger partial charge in [0.1, 0.15) is 17.2 Å². The summed E-state index contributed by atoms with van der Waals surface area (Å²) in [6.07, 6.45) is 1.35. The van der Waals surface area contributed by atoms with Crippen molar-refractivity contribution >= 4 is 39.2 Å². The van der Waals surface area contributed by atoms with Gasteiger partial charge in [-0.2, -0.15) is 5.10 Å². The van der Waals surface area contributed by atoms with Crippen LogP contribution in [-0.4, -0.2) is 16.1 Å². The summed E-state index contributed by atoms with van der Waals surface area (Å²) in [7, 11) is 0. The van der Waals surface area contributed by atoms with Crippen molar-refractivity contribution in [1.82, 2.24) is 0 Å². The van der Waals surface area contributed by atoms with E-state index in [2.05, 4.69) is 26.5 Å². The first-order valence-electron chi connectivity index (χ1n) is 7.52. The van der Waals surface area contributed by atoms with Crippen LogP contribution in [0.25, 0.3) is 11.3 Å². The van der Waals surface area contributed by atoms with Gasteiger partial charge in [-0.3, -0.25) is 25.7 Å². The van der Waals surface area contributed by atoms with Crippen molar-refractivity contribution in [2.75, 3.05) is 5.43 Å². The largest absolute Gasteiger partial charge is 0.455 e. The fraction of sp³-hybridized carbons (Fsp3) is 0. The third kappa shape index (κ3) is 4.36. The summed E-state index contributed by atoms with van der Waals surface area (Å²) in [5.41, 5.74) is 2.60. The number of hydrazone groups is 1. The quantitative estimate of drug-likeness (QED) is 0.334. The van der Waals surface area contributed by atoms with Crippen LogP contribution in [-0.2, 0) is 0 Å². The van der Waals surface area contributed by atoms with Crippen molar-refractivity contribution in [2.45, 2.75) is 0 Å². The molecule has 0 saturated carbocycles. The van der Waals surface area contributed by atoms with Gasteiger partial charge >= 0.3 is 5.69 Å². The Morgan fingerprint density at radius 2 is 1.74 bits per heavy atom. The number of nitro groups is 2. The van der Waals surface area contributed by atoms with Crippen LogP contribution in [0.2, 0.25) is 0 Å². The zero-order valence-corrected chi connectivity index (χ0v) is 15.1. The highest BCUT2D eigenvalue weighted by molar-refractivity contribution is 9.10. The molecule has 1 heterocycles. The van der Waals surface area contributed by atoms with Gasteiger partial charge < -0.3 is 4.42 Å². The molecule has 0 bridgehead atoms. The Labute approximate surface area is 160 Å². The van der Waals surface area contributed by atoms with E-state index in [4.69, 9.17) is 4.42 Å². The van der Waals surface area contributed by atoms with E-state index in [1.54, 1.807) is 12.1 Å². The molecule has 0 aliphatic carbocycles. The van der Waals surface area contributed by atoms with Crippen molar-refractivity contribution in [3.05, 3.63) is 85.1 Å². The molecule has 3 rings (SSSR count).